The van der Waals surface area contributed by atoms with Gasteiger partial charge in [0, 0.05) is 24.0 Å². The second kappa shape index (κ2) is 14.6. The highest BCUT2D eigenvalue weighted by Crippen LogP contribution is 2.19. The molecule has 1 aliphatic heterocycles. The zero-order chi connectivity index (χ0) is 25.0. The van der Waals surface area contributed by atoms with Gasteiger partial charge in [-0.2, -0.15) is 0 Å². The molecule has 1 aliphatic rings. The number of rotatable bonds is 5. The van der Waals surface area contributed by atoms with Crippen LogP contribution in [0.5, 0.6) is 0 Å². The maximum Gasteiger partial charge on any atom is 0.160 e. The van der Waals surface area contributed by atoms with Gasteiger partial charge in [-0.05, 0) is 88.6 Å². The fourth-order valence-electron chi connectivity index (χ4n) is 2.69. The van der Waals surface area contributed by atoms with E-state index in [2.05, 4.69) is 69.1 Å². The summed E-state index contributed by atoms with van der Waals surface area (Å²) in [5.41, 5.74) is 12.0. The summed E-state index contributed by atoms with van der Waals surface area (Å²) in [6.45, 7) is 24.8. The Hall–Kier alpha value is -2.40. The average Bonchev–Trinajstić information content (AvgIpc) is 3.10. The Morgan fingerprint density at radius 3 is 2.06 bits per heavy atom. The number of nitrogen functional groups attached to an aromatic ring is 1. The van der Waals surface area contributed by atoms with E-state index in [1.807, 2.05) is 46.2 Å². The van der Waals surface area contributed by atoms with Crippen LogP contribution in [0.3, 0.4) is 0 Å². The lowest BCUT2D eigenvalue weighted by molar-refractivity contribution is 0.203. The van der Waals surface area contributed by atoms with Crippen molar-refractivity contribution in [2.24, 2.45) is 21.8 Å². The molecule has 0 radical (unpaired) electrons. The summed E-state index contributed by atoms with van der Waals surface area (Å²) >= 11 is 0. The lowest BCUT2D eigenvalue weighted by Gasteiger charge is -2.20. The molecule has 0 aromatic heterocycles. The number of aliphatic imine (C=N–C) groups is 2. The Labute approximate surface area is 196 Å². The Bertz CT molecular complexity index is 795. The number of aryl methyl sites for hydroxylation is 2. The van der Waals surface area contributed by atoms with Crippen molar-refractivity contribution in [3.63, 3.8) is 0 Å². The van der Waals surface area contributed by atoms with Crippen molar-refractivity contribution < 1.29 is 5.11 Å². The second-order valence-corrected chi connectivity index (χ2v) is 9.27. The molecule has 0 aliphatic carbocycles. The lowest BCUT2D eigenvalue weighted by atomic mass is 10.00. The van der Waals surface area contributed by atoms with Gasteiger partial charge in [0.25, 0.3) is 0 Å². The zero-order valence-electron chi connectivity index (χ0n) is 22.0. The van der Waals surface area contributed by atoms with Crippen LogP contribution in [0.1, 0.15) is 73.4 Å². The van der Waals surface area contributed by atoms with Crippen LogP contribution in [0, 0.1) is 18.8 Å². The first-order chi connectivity index (χ1) is 14.8. The van der Waals surface area contributed by atoms with Crippen molar-refractivity contribution in [2.45, 2.75) is 81.7 Å². The van der Waals surface area contributed by atoms with Crippen LogP contribution in [0.15, 0.2) is 51.7 Å². The number of nitrogens with zero attached hydrogens (tertiary/aromatic N) is 3. The number of aliphatic hydroxyl groups is 1. The highest BCUT2D eigenvalue weighted by atomic mass is 16.3. The van der Waals surface area contributed by atoms with Crippen LogP contribution in [-0.4, -0.2) is 34.8 Å². The van der Waals surface area contributed by atoms with Crippen molar-refractivity contribution in [3.8, 4) is 0 Å². The molecule has 5 heteroatoms. The first-order valence-corrected chi connectivity index (χ1v) is 11.5. The van der Waals surface area contributed by atoms with Crippen molar-refractivity contribution >= 4 is 17.9 Å². The number of anilines is 1. The molecule has 0 fully saturated rings. The number of nitrogens with two attached hydrogens (primary N) is 1. The Kier molecular flexibility index (Phi) is 13.5. The van der Waals surface area contributed by atoms with Crippen molar-refractivity contribution in [3.05, 3.63) is 52.9 Å². The van der Waals surface area contributed by atoms with Crippen LogP contribution in [0.25, 0.3) is 0 Å². The number of amidine groups is 1. The molecule has 1 atom stereocenters. The molecule has 3 N–H and O–H groups in total. The Balaban J connectivity index is 0.000000489. The van der Waals surface area contributed by atoms with Gasteiger partial charge >= 0.3 is 0 Å². The number of benzene rings is 1. The monoisotopic (exact) mass is 442 g/mol. The first-order valence-electron chi connectivity index (χ1n) is 11.5. The summed E-state index contributed by atoms with van der Waals surface area (Å²) in [7, 11) is 0. The van der Waals surface area contributed by atoms with E-state index in [9.17, 15) is 0 Å². The molecule has 0 bridgehead atoms. The fourth-order valence-corrected chi connectivity index (χ4v) is 2.69. The van der Waals surface area contributed by atoms with E-state index in [1.54, 1.807) is 0 Å². The summed E-state index contributed by atoms with van der Waals surface area (Å²) in [4.78, 5) is 10.9. The third-order valence-corrected chi connectivity index (χ3v) is 5.09. The van der Waals surface area contributed by atoms with Gasteiger partial charge in [0.05, 0.1) is 6.34 Å². The van der Waals surface area contributed by atoms with E-state index >= 15 is 0 Å². The minimum Gasteiger partial charge on any atom is -0.399 e. The number of hydrogen-bond donors (Lipinski definition) is 2. The molecule has 1 aromatic rings. The summed E-state index contributed by atoms with van der Waals surface area (Å²) in [6.07, 6.45) is 2.90. The Morgan fingerprint density at radius 1 is 1.12 bits per heavy atom. The van der Waals surface area contributed by atoms with E-state index in [-0.39, 0.29) is 0 Å². The summed E-state index contributed by atoms with van der Waals surface area (Å²) in [6, 6.07) is 6.53. The SMILES string of the molecule is C=C(C)N=C1C(=C(C)C)N=CN1C(C)C.CC(C)C(C)CO.CCc1cc(C)cc(N)c1. The number of allylic oxidation sites excluding steroid dienone is 2. The van der Waals surface area contributed by atoms with Gasteiger partial charge < -0.3 is 15.7 Å². The third kappa shape index (κ3) is 10.8. The molecular formula is C27H46N4O. The van der Waals surface area contributed by atoms with Gasteiger partial charge in [-0.1, -0.05) is 40.3 Å². The van der Waals surface area contributed by atoms with Crippen LogP contribution in [0.2, 0.25) is 0 Å². The first kappa shape index (κ1) is 29.6. The molecule has 0 saturated carbocycles. The normalized spacial score (nSPS) is 14.8. The van der Waals surface area contributed by atoms with Crippen LogP contribution in [-0.2, 0) is 6.42 Å². The zero-order valence-corrected chi connectivity index (χ0v) is 22.0. The van der Waals surface area contributed by atoms with Crippen LogP contribution >= 0.6 is 0 Å². The molecular weight excluding hydrogens is 396 g/mol. The van der Waals surface area contributed by atoms with E-state index in [4.69, 9.17) is 10.8 Å². The van der Waals surface area contributed by atoms with Gasteiger partial charge in [-0.15, -0.1) is 0 Å². The van der Waals surface area contributed by atoms with E-state index in [0.29, 0.717) is 24.5 Å². The predicted octanol–water partition coefficient (Wildman–Crippen LogP) is 6.38. The topological polar surface area (TPSA) is 74.2 Å². The minimum absolute atomic E-state index is 0.317. The van der Waals surface area contributed by atoms with Crippen LogP contribution in [0.4, 0.5) is 5.69 Å². The molecule has 1 aromatic carbocycles. The van der Waals surface area contributed by atoms with E-state index in [0.717, 1.165) is 29.3 Å². The minimum atomic E-state index is 0.317. The average molecular weight is 443 g/mol. The maximum absolute atomic E-state index is 8.51. The smallest absolute Gasteiger partial charge is 0.160 e. The summed E-state index contributed by atoms with van der Waals surface area (Å²) in [5, 5.41) is 8.51. The molecule has 5 nitrogen and oxygen atoms in total. The third-order valence-electron chi connectivity index (χ3n) is 5.09. The molecule has 180 valence electrons. The number of hydrogen-bond acceptors (Lipinski definition) is 4. The summed E-state index contributed by atoms with van der Waals surface area (Å²) in [5.74, 6) is 1.99. The van der Waals surface area contributed by atoms with E-state index in [1.165, 1.54) is 16.7 Å². The van der Waals surface area contributed by atoms with Gasteiger partial charge in [0.1, 0.15) is 5.70 Å². The largest absolute Gasteiger partial charge is 0.399 e. The number of aliphatic hydroxyl groups excluding tert-OH is 1. The molecule has 0 spiro atoms. The molecule has 32 heavy (non-hydrogen) atoms. The predicted molar refractivity (Wildman–Crippen MR) is 142 cm³/mol. The van der Waals surface area contributed by atoms with Crippen molar-refractivity contribution in [1.82, 2.24) is 4.90 Å². The molecule has 1 unspecified atom stereocenters. The molecule has 1 heterocycles. The molecule has 0 amide bonds. The molecule has 0 saturated heterocycles. The van der Waals surface area contributed by atoms with Gasteiger partial charge in [-0.25, -0.2) is 9.98 Å². The highest BCUT2D eigenvalue weighted by Gasteiger charge is 2.23. The lowest BCUT2D eigenvalue weighted by Crippen LogP contribution is -2.32. The van der Waals surface area contributed by atoms with E-state index < -0.39 is 0 Å². The highest BCUT2D eigenvalue weighted by molar-refractivity contribution is 6.09. The fraction of sp³-hybridized carbons (Fsp3) is 0.556. The van der Waals surface area contributed by atoms with Gasteiger partial charge in [0.15, 0.2) is 5.84 Å². The van der Waals surface area contributed by atoms with Gasteiger partial charge in [-0.3, -0.25) is 0 Å². The van der Waals surface area contributed by atoms with Crippen molar-refractivity contribution in [1.29, 1.82) is 0 Å². The van der Waals surface area contributed by atoms with Gasteiger partial charge in [0.2, 0.25) is 0 Å². The maximum atomic E-state index is 8.51. The van der Waals surface area contributed by atoms with Crippen LogP contribution < -0.4 is 5.73 Å². The quantitative estimate of drug-likeness (QED) is 0.520. The van der Waals surface area contributed by atoms with Crippen molar-refractivity contribution in [2.75, 3.05) is 12.3 Å². The molecule has 2 rings (SSSR count). The Morgan fingerprint density at radius 2 is 1.72 bits per heavy atom. The second-order valence-electron chi connectivity index (χ2n) is 9.27. The standard InChI is InChI=1S/C12H19N3.C9H13N.C6H14O/c1-8(2)11-12(14-9(3)4)15(7-13-11)10(5)6;1-3-8-4-7(2)5-9(10)6-8;1-5(2)6(3)4-7/h7,10H,3H2,1-2,4-6H3;4-6H,3,10H2,1-2H3;5-7H,4H2,1-3H3. The summed E-state index contributed by atoms with van der Waals surface area (Å²) < 4.78 is 0.